The molecule has 0 aliphatic carbocycles. The third-order valence-corrected chi connectivity index (χ3v) is 4.45. The molecule has 2 aromatic carbocycles. The summed E-state index contributed by atoms with van der Waals surface area (Å²) in [6.07, 6.45) is -4.74. The minimum Gasteiger partial charge on any atom is -0.322 e. The van der Waals surface area contributed by atoms with Gasteiger partial charge in [-0.05, 0) is 30.3 Å². The molecule has 140 valence electrons. The molecule has 0 aliphatic rings. The fraction of sp³-hybridized carbons (Fsp3) is 0.133. The first kappa shape index (κ1) is 19.8. The predicted molar refractivity (Wildman–Crippen MR) is 82.0 cm³/mol. The van der Waals surface area contributed by atoms with Crippen LogP contribution in [0.1, 0.15) is 10.4 Å². The van der Waals surface area contributed by atoms with Gasteiger partial charge in [-0.25, -0.2) is 21.9 Å². The molecule has 0 fully saturated rings. The van der Waals surface area contributed by atoms with E-state index >= 15 is 0 Å². The SMILES string of the molecule is O=C(Nc1ccc(F)c(F)c1)c1cccc(S(=O)(=O)NCC(F)(F)F)c1. The quantitative estimate of drug-likeness (QED) is 0.766. The molecule has 2 N–H and O–H groups in total. The first-order valence-corrected chi connectivity index (χ1v) is 8.39. The average molecular weight is 394 g/mol. The van der Waals surface area contributed by atoms with Crippen molar-refractivity contribution in [3.63, 3.8) is 0 Å². The molecule has 2 aromatic rings. The Labute approximate surface area is 144 Å². The van der Waals surface area contributed by atoms with Gasteiger partial charge in [0.15, 0.2) is 11.6 Å². The van der Waals surface area contributed by atoms with E-state index in [1.165, 1.54) is 10.8 Å². The number of rotatable bonds is 5. The van der Waals surface area contributed by atoms with E-state index in [1.807, 2.05) is 0 Å². The summed E-state index contributed by atoms with van der Waals surface area (Å²) in [5.74, 6) is -3.17. The lowest BCUT2D eigenvalue weighted by atomic mass is 10.2. The van der Waals surface area contributed by atoms with Gasteiger partial charge >= 0.3 is 6.18 Å². The second-order valence-electron chi connectivity index (χ2n) is 5.05. The topological polar surface area (TPSA) is 75.3 Å². The maximum atomic E-state index is 13.1. The third kappa shape index (κ3) is 5.23. The molecule has 0 aliphatic heterocycles. The van der Waals surface area contributed by atoms with Crippen molar-refractivity contribution in [2.24, 2.45) is 0 Å². The number of halogens is 5. The van der Waals surface area contributed by atoms with Gasteiger partial charge in [0.25, 0.3) is 5.91 Å². The summed E-state index contributed by atoms with van der Waals surface area (Å²) in [5.41, 5.74) is -0.290. The smallest absolute Gasteiger partial charge is 0.322 e. The maximum Gasteiger partial charge on any atom is 0.402 e. The molecule has 0 saturated carbocycles. The Morgan fingerprint density at radius 1 is 1.00 bits per heavy atom. The zero-order chi connectivity index (χ0) is 19.5. The van der Waals surface area contributed by atoms with Crippen molar-refractivity contribution in [2.45, 2.75) is 11.1 Å². The van der Waals surface area contributed by atoms with Gasteiger partial charge in [-0.1, -0.05) is 6.07 Å². The summed E-state index contributed by atoms with van der Waals surface area (Å²) in [4.78, 5) is 11.5. The van der Waals surface area contributed by atoms with Crippen LogP contribution in [0.15, 0.2) is 47.4 Å². The van der Waals surface area contributed by atoms with Crippen LogP contribution in [-0.4, -0.2) is 27.0 Å². The van der Waals surface area contributed by atoms with Crippen LogP contribution in [-0.2, 0) is 10.0 Å². The van der Waals surface area contributed by atoms with Crippen molar-refractivity contribution >= 4 is 21.6 Å². The molecule has 1 amide bonds. The van der Waals surface area contributed by atoms with E-state index in [1.54, 1.807) is 0 Å². The van der Waals surface area contributed by atoms with E-state index < -0.39 is 45.2 Å². The summed E-state index contributed by atoms with van der Waals surface area (Å²) < 4.78 is 87.6. The number of hydrogen-bond acceptors (Lipinski definition) is 3. The Kier molecular flexibility index (Phi) is 5.62. The normalized spacial score (nSPS) is 12.0. The Morgan fingerprint density at radius 3 is 2.31 bits per heavy atom. The summed E-state index contributed by atoms with van der Waals surface area (Å²) in [6.45, 7) is -1.76. The standard InChI is InChI=1S/C15H11F5N2O3S/c16-12-5-4-10(7-13(12)17)22-14(23)9-2-1-3-11(6-9)26(24,25)21-8-15(18,19)20/h1-7,21H,8H2,(H,22,23). The second-order valence-corrected chi connectivity index (χ2v) is 6.82. The second kappa shape index (κ2) is 7.38. The molecule has 11 heteroatoms. The minimum atomic E-state index is -4.74. The lowest BCUT2D eigenvalue weighted by Gasteiger charge is -2.10. The molecule has 0 atom stereocenters. The third-order valence-electron chi connectivity index (χ3n) is 3.05. The van der Waals surface area contributed by atoms with Crippen LogP contribution in [0.2, 0.25) is 0 Å². The highest BCUT2D eigenvalue weighted by Crippen LogP contribution is 2.18. The van der Waals surface area contributed by atoms with Crippen molar-refractivity contribution in [1.29, 1.82) is 0 Å². The Hall–Kier alpha value is -2.53. The zero-order valence-electron chi connectivity index (χ0n) is 12.8. The molecule has 0 aromatic heterocycles. The van der Waals surface area contributed by atoms with Crippen molar-refractivity contribution in [1.82, 2.24) is 4.72 Å². The van der Waals surface area contributed by atoms with Gasteiger partial charge in [0.1, 0.15) is 6.54 Å². The highest BCUT2D eigenvalue weighted by molar-refractivity contribution is 7.89. The van der Waals surface area contributed by atoms with Crippen molar-refractivity contribution in [3.05, 3.63) is 59.7 Å². The van der Waals surface area contributed by atoms with Gasteiger partial charge in [-0.2, -0.15) is 13.2 Å². The van der Waals surface area contributed by atoms with Gasteiger partial charge < -0.3 is 5.32 Å². The number of carbonyl (C=O) groups excluding carboxylic acids is 1. The van der Waals surface area contributed by atoms with Crippen LogP contribution < -0.4 is 10.0 Å². The van der Waals surface area contributed by atoms with Gasteiger partial charge in [-0.3, -0.25) is 4.79 Å². The lowest BCUT2D eigenvalue weighted by molar-refractivity contribution is -0.121. The van der Waals surface area contributed by atoms with Crippen molar-refractivity contribution in [3.8, 4) is 0 Å². The summed E-state index contributed by atoms with van der Waals surface area (Å²) >= 11 is 0. The summed E-state index contributed by atoms with van der Waals surface area (Å²) in [5, 5.41) is 2.22. The van der Waals surface area contributed by atoms with E-state index in [-0.39, 0.29) is 11.3 Å². The van der Waals surface area contributed by atoms with Gasteiger partial charge in [0, 0.05) is 17.3 Å². The number of amides is 1. The highest BCUT2D eigenvalue weighted by Gasteiger charge is 2.30. The van der Waals surface area contributed by atoms with E-state index in [0.717, 1.165) is 36.4 Å². The Bertz CT molecular complexity index is 929. The summed E-state index contributed by atoms with van der Waals surface area (Å²) in [7, 11) is -4.49. The van der Waals surface area contributed by atoms with Crippen molar-refractivity contribution in [2.75, 3.05) is 11.9 Å². The van der Waals surface area contributed by atoms with Gasteiger partial charge in [-0.15, -0.1) is 0 Å². The molecule has 0 bridgehead atoms. The van der Waals surface area contributed by atoms with E-state index in [0.29, 0.717) is 0 Å². The van der Waals surface area contributed by atoms with Crippen LogP contribution >= 0.6 is 0 Å². The minimum absolute atomic E-state index is 0.0858. The fourth-order valence-corrected chi connectivity index (χ4v) is 2.90. The van der Waals surface area contributed by atoms with E-state index in [4.69, 9.17) is 0 Å². The predicted octanol–water partition coefficient (Wildman–Crippen LogP) is 3.06. The largest absolute Gasteiger partial charge is 0.402 e. The molecule has 26 heavy (non-hydrogen) atoms. The number of alkyl halides is 3. The molecule has 0 saturated heterocycles. The number of benzene rings is 2. The first-order chi connectivity index (χ1) is 12.0. The number of carbonyl (C=O) groups is 1. The molecule has 0 radical (unpaired) electrons. The van der Waals surface area contributed by atoms with Gasteiger partial charge in [0.2, 0.25) is 10.0 Å². The van der Waals surface area contributed by atoms with Crippen LogP contribution in [0, 0.1) is 11.6 Å². The molecule has 2 rings (SSSR count). The number of hydrogen-bond donors (Lipinski definition) is 2. The molecule has 0 unspecified atom stereocenters. The molecule has 0 heterocycles. The Balaban J connectivity index is 2.19. The zero-order valence-corrected chi connectivity index (χ0v) is 13.6. The van der Waals surface area contributed by atoms with Crippen LogP contribution in [0.25, 0.3) is 0 Å². The van der Waals surface area contributed by atoms with Gasteiger partial charge in [0.05, 0.1) is 4.90 Å². The molecular weight excluding hydrogens is 383 g/mol. The Morgan fingerprint density at radius 2 is 1.69 bits per heavy atom. The summed E-state index contributed by atoms with van der Waals surface area (Å²) in [6, 6.07) is 6.81. The number of nitrogens with one attached hydrogen (secondary N) is 2. The lowest BCUT2D eigenvalue weighted by Crippen LogP contribution is -2.33. The van der Waals surface area contributed by atoms with Crippen LogP contribution in [0.3, 0.4) is 0 Å². The number of anilines is 1. The first-order valence-electron chi connectivity index (χ1n) is 6.91. The molecule has 0 spiro atoms. The maximum absolute atomic E-state index is 13.1. The monoisotopic (exact) mass is 394 g/mol. The molecule has 5 nitrogen and oxygen atoms in total. The fourth-order valence-electron chi connectivity index (χ4n) is 1.84. The average Bonchev–Trinajstić information content (AvgIpc) is 2.56. The van der Waals surface area contributed by atoms with Crippen LogP contribution in [0.5, 0.6) is 0 Å². The van der Waals surface area contributed by atoms with E-state index in [2.05, 4.69) is 5.32 Å². The highest BCUT2D eigenvalue weighted by atomic mass is 32.2. The van der Waals surface area contributed by atoms with E-state index in [9.17, 15) is 35.2 Å². The molecular formula is C15H11F5N2O3S. The van der Waals surface area contributed by atoms with Crippen molar-refractivity contribution < 1.29 is 35.2 Å². The number of sulfonamides is 1. The van der Waals surface area contributed by atoms with Crippen LogP contribution in [0.4, 0.5) is 27.6 Å².